The highest BCUT2D eigenvalue weighted by Crippen LogP contribution is 2.23. The number of nitrogens with one attached hydrogen (secondary N) is 2. The van der Waals surface area contributed by atoms with E-state index in [2.05, 4.69) is 15.5 Å². The summed E-state index contributed by atoms with van der Waals surface area (Å²) in [5.74, 6) is -0.228. The van der Waals surface area contributed by atoms with Crippen molar-refractivity contribution in [2.75, 3.05) is 7.05 Å². The summed E-state index contributed by atoms with van der Waals surface area (Å²) < 4.78 is 13.5. The molecule has 0 aliphatic heterocycles. The van der Waals surface area contributed by atoms with Crippen molar-refractivity contribution in [3.63, 3.8) is 0 Å². The van der Waals surface area contributed by atoms with E-state index in [4.69, 9.17) is 0 Å². The molecule has 0 amide bonds. The number of halogens is 1. The van der Waals surface area contributed by atoms with Gasteiger partial charge in [-0.15, -0.1) is 0 Å². The fraction of sp³-hybridized carbons (Fsp3) is 0.300. The lowest BCUT2D eigenvalue weighted by atomic mass is 10.1. The van der Waals surface area contributed by atoms with Gasteiger partial charge in [-0.2, -0.15) is 5.10 Å². The van der Waals surface area contributed by atoms with Gasteiger partial charge >= 0.3 is 0 Å². The summed E-state index contributed by atoms with van der Waals surface area (Å²) in [6.07, 6.45) is 0. The van der Waals surface area contributed by atoms with Gasteiger partial charge in [0.15, 0.2) is 0 Å². The van der Waals surface area contributed by atoms with Crippen LogP contribution in [0.4, 0.5) is 4.39 Å². The average molecular weight is 193 g/mol. The van der Waals surface area contributed by atoms with E-state index in [1.807, 2.05) is 14.0 Å². The second kappa shape index (κ2) is 3.38. The van der Waals surface area contributed by atoms with Crippen LogP contribution in [0.2, 0.25) is 0 Å². The third-order valence-electron chi connectivity index (χ3n) is 2.42. The molecule has 0 aliphatic carbocycles. The SMILES string of the molecule is CNC(C)c1[nH]nc2cccc(F)c12. The molecule has 0 aliphatic rings. The standard InChI is InChI=1S/C10H12FN3/c1-6(12-2)10-9-7(11)4-3-5-8(9)13-14-10/h3-6,12H,1-2H3,(H,13,14). The summed E-state index contributed by atoms with van der Waals surface area (Å²) in [7, 11) is 1.83. The highest BCUT2D eigenvalue weighted by molar-refractivity contribution is 5.82. The van der Waals surface area contributed by atoms with Gasteiger partial charge in [-0.1, -0.05) is 6.07 Å². The first-order valence-electron chi connectivity index (χ1n) is 4.53. The lowest BCUT2D eigenvalue weighted by molar-refractivity contribution is 0.617. The zero-order valence-electron chi connectivity index (χ0n) is 8.13. The Bertz CT molecular complexity index is 450. The summed E-state index contributed by atoms with van der Waals surface area (Å²) in [6.45, 7) is 1.96. The van der Waals surface area contributed by atoms with Gasteiger partial charge < -0.3 is 5.32 Å². The predicted molar refractivity (Wildman–Crippen MR) is 53.5 cm³/mol. The molecule has 14 heavy (non-hydrogen) atoms. The van der Waals surface area contributed by atoms with E-state index in [1.165, 1.54) is 6.07 Å². The second-order valence-electron chi connectivity index (χ2n) is 3.28. The van der Waals surface area contributed by atoms with Crippen LogP contribution in [-0.4, -0.2) is 17.2 Å². The van der Waals surface area contributed by atoms with E-state index in [0.29, 0.717) is 10.9 Å². The van der Waals surface area contributed by atoms with E-state index >= 15 is 0 Å². The third kappa shape index (κ3) is 1.28. The molecule has 0 saturated carbocycles. The first-order valence-corrected chi connectivity index (χ1v) is 4.53. The Hall–Kier alpha value is -1.42. The van der Waals surface area contributed by atoms with Crippen LogP contribution < -0.4 is 5.32 Å². The lowest BCUT2D eigenvalue weighted by Gasteiger charge is -2.07. The normalized spacial score (nSPS) is 13.4. The van der Waals surface area contributed by atoms with Crippen molar-refractivity contribution in [2.45, 2.75) is 13.0 Å². The van der Waals surface area contributed by atoms with Gasteiger partial charge in [0.05, 0.1) is 16.6 Å². The van der Waals surface area contributed by atoms with E-state index in [1.54, 1.807) is 12.1 Å². The largest absolute Gasteiger partial charge is 0.312 e. The van der Waals surface area contributed by atoms with Gasteiger partial charge in [-0.05, 0) is 26.1 Å². The van der Waals surface area contributed by atoms with Crippen molar-refractivity contribution in [1.82, 2.24) is 15.5 Å². The third-order valence-corrected chi connectivity index (χ3v) is 2.42. The van der Waals surface area contributed by atoms with Crippen LogP contribution in [0, 0.1) is 5.82 Å². The number of aromatic amines is 1. The van der Waals surface area contributed by atoms with E-state index < -0.39 is 0 Å². The minimum Gasteiger partial charge on any atom is -0.312 e. The van der Waals surface area contributed by atoms with Gasteiger partial charge in [0.25, 0.3) is 0 Å². The van der Waals surface area contributed by atoms with Gasteiger partial charge in [0.1, 0.15) is 5.82 Å². The fourth-order valence-corrected chi connectivity index (χ4v) is 1.51. The van der Waals surface area contributed by atoms with Gasteiger partial charge in [0, 0.05) is 6.04 Å². The molecule has 0 saturated heterocycles. The zero-order valence-corrected chi connectivity index (χ0v) is 8.13. The van der Waals surface area contributed by atoms with Gasteiger partial charge in [-0.25, -0.2) is 4.39 Å². The maximum Gasteiger partial charge on any atom is 0.134 e. The maximum absolute atomic E-state index is 13.5. The number of benzene rings is 1. The summed E-state index contributed by atoms with van der Waals surface area (Å²) >= 11 is 0. The van der Waals surface area contributed by atoms with E-state index in [9.17, 15) is 4.39 Å². The molecule has 74 valence electrons. The van der Waals surface area contributed by atoms with Crippen LogP contribution in [-0.2, 0) is 0 Å². The second-order valence-corrected chi connectivity index (χ2v) is 3.28. The molecule has 3 nitrogen and oxygen atoms in total. The number of hydrogen-bond acceptors (Lipinski definition) is 2. The number of H-pyrrole nitrogens is 1. The summed E-state index contributed by atoms with van der Waals surface area (Å²) in [4.78, 5) is 0. The molecule has 1 atom stereocenters. The predicted octanol–water partition coefficient (Wildman–Crippen LogP) is 1.98. The molecule has 0 radical (unpaired) electrons. The van der Waals surface area contributed by atoms with Crippen LogP contribution in [0.3, 0.4) is 0 Å². The molecule has 4 heteroatoms. The molecular formula is C10H12FN3. The van der Waals surface area contributed by atoms with Crippen LogP contribution in [0.15, 0.2) is 18.2 Å². The highest BCUT2D eigenvalue weighted by atomic mass is 19.1. The topological polar surface area (TPSA) is 40.7 Å². The molecule has 0 spiro atoms. The van der Waals surface area contributed by atoms with E-state index in [0.717, 1.165) is 5.69 Å². The zero-order chi connectivity index (χ0) is 10.1. The molecule has 2 rings (SSSR count). The quantitative estimate of drug-likeness (QED) is 0.765. The Balaban J connectivity index is 2.67. The number of hydrogen-bond donors (Lipinski definition) is 2. The molecule has 1 aromatic heterocycles. The van der Waals surface area contributed by atoms with Gasteiger partial charge in [-0.3, -0.25) is 5.10 Å². The van der Waals surface area contributed by atoms with Crippen molar-refractivity contribution >= 4 is 10.9 Å². The van der Waals surface area contributed by atoms with Crippen molar-refractivity contribution in [1.29, 1.82) is 0 Å². The van der Waals surface area contributed by atoms with Crippen LogP contribution in [0.5, 0.6) is 0 Å². The van der Waals surface area contributed by atoms with Gasteiger partial charge in [0.2, 0.25) is 0 Å². The Labute approximate surface area is 81.3 Å². The summed E-state index contributed by atoms with van der Waals surface area (Å²) in [5, 5.41) is 10.5. The molecule has 1 heterocycles. The smallest absolute Gasteiger partial charge is 0.134 e. The molecule has 2 N–H and O–H groups in total. The van der Waals surface area contributed by atoms with Crippen LogP contribution >= 0.6 is 0 Å². The number of nitrogens with zero attached hydrogens (tertiary/aromatic N) is 1. The lowest BCUT2D eigenvalue weighted by Crippen LogP contribution is -2.13. The molecule has 0 fully saturated rings. The average Bonchev–Trinajstić information content (AvgIpc) is 2.62. The molecular weight excluding hydrogens is 181 g/mol. The van der Waals surface area contributed by atoms with Crippen molar-refractivity contribution < 1.29 is 4.39 Å². The number of aromatic nitrogens is 2. The Kier molecular flexibility index (Phi) is 2.21. The summed E-state index contributed by atoms with van der Waals surface area (Å²) in [5.41, 5.74) is 1.46. The molecule has 0 bridgehead atoms. The molecule has 2 aromatic rings. The first kappa shape index (κ1) is 9.15. The first-order chi connectivity index (χ1) is 6.74. The highest BCUT2D eigenvalue weighted by Gasteiger charge is 2.13. The molecule has 1 unspecified atom stereocenters. The maximum atomic E-state index is 13.5. The minimum absolute atomic E-state index is 0.0666. The Morgan fingerprint density at radius 1 is 1.50 bits per heavy atom. The monoisotopic (exact) mass is 193 g/mol. The van der Waals surface area contributed by atoms with Crippen LogP contribution in [0.1, 0.15) is 18.7 Å². The summed E-state index contributed by atoms with van der Waals surface area (Å²) in [6, 6.07) is 4.97. The minimum atomic E-state index is -0.228. The number of rotatable bonds is 2. The van der Waals surface area contributed by atoms with Crippen molar-refractivity contribution in [2.24, 2.45) is 0 Å². The van der Waals surface area contributed by atoms with Crippen molar-refractivity contribution in [3.8, 4) is 0 Å². The fourth-order valence-electron chi connectivity index (χ4n) is 1.51. The van der Waals surface area contributed by atoms with Crippen molar-refractivity contribution in [3.05, 3.63) is 29.7 Å². The Morgan fingerprint density at radius 3 is 3.00 bits per heavy atom. The van der Waals surface area contributed by atoms with E-state index in [-0.39, 0.29) is 11.9 Å². The Morgan fingerprint density at radius 2 is 2.29 bits per heavy atom. The van der Waals surface area contributed by atoms with Crippen LogP contribution in [0.25, 0.3) is 10.9 Å². The molecule has 1 aromatic carbocycles. The number of fused-ring (bicyclic) bond motifs is 1.